The van der Waals surface area contributed by atoms with E-state index >= 15 is 0 Å². The highest BCUT2D eigenvalue weighted by molar-refractivity contribution is 7.18. The third-order valence-corrected chi connectivity index (χ3v) is 7.15. The Morgan fingerprint density at radius 1 is 1.06 bits per heavy atom. The van der Waals surface area contributed by atoms with Crippen molar-refractivity contribution in [3.63, 3.8) is 0 Å². The fourth-order valence-corrected chi connectivity index (χ4v) is 5.43. The molecule has 0 bridgehead atoms. The van der Waals surface area contributed by atoms with E-state index in [0.29, 0.717) is 12.0 Å². The molecule has 1 aliphatic carbocycles. The lowest BCUT2D eigenvalue weighted by atomic mass is 9.90. The molecule has 0 fully saturated rings. The van der Waals surface area contributed by atoms with E-state index in [4.69, 9.17) is 10.3 Å². The first-order chi connectivity index (χ1) is 16.1. The van der Waals surface area contributed by atoms with Crippen molar-refractivity contribution < 1.29 is 17.7 Å². The van der Waals surface area contributed by atoms with Crippen LogP contribution >= 0.6 is 11.3 Å². The SMILES string of the molecule is CC(C)(N)CCc1ccc2c(c1)CCc1nc(-c3onc(-c4ccccc4)c3C(F)(F)F)sc1-2. The fourth-order valence-electron chi connectivity index (χ4n) is 4.27. The average Bonchev–Trinajstić information content (AvgIpc) is 3.42. The molecule has 1 aliphatic rings. The van der Waals surface area contributed by atoms with Gasteiger partial charge in [0.25, 0.3) is 0 Å². The zero-order chi connectivity index (χ0) is 24.1. The number of rotatable bonds is 5. The number of nitrogens with zero attached hydrogens (tertiary/aromatic N) is 2. The number of halogens is 3. The van der Waals surface area contributed by atoms with Crippen LogP contribution in [0.15, 0.2) is 53.1 Å². The zero-order valence-corrected chi connectivity index (χ0v) is 19.7. The Hall–Kier alpha value is -2.97. The molecule has 0 atom stereocenters. The number of nitrogens with two attached hydrogens (primary N) is 1. The first kappa shape index (κ1) is 22.8. The van der Waals surface area contributed by atoms with Crippen molar-refractivity contribution in [3.8, 4) is 32.5 Å². The molecule has 0 aliphatic heterocycles. The van der Waals surface area contributed by atoms with Crippen molar-refractivity contribution in [2.75, 3.05) is 0 Å². The lowest BCUT2D eigenvalue weighted by Gasteiger charge is -2.20. The van der Waals surface area contributed by atoms with Crippen molar-refractivity contribution >= 4 is 11.3 Å². The average molecular weight is 484 g/mol. The summed E-state index contributed by atoms with van der Waals surface area (Å²) in [6, 6.07) is 14.6. The number of benzene rings is 2. The normalized spacial score (nSPS) is 13.6. The Bertz CT molecular complexity index is 1330. The van der Waals surface area contributed by atoms with E-state index in [1.807, 2.05) is 13.8 Å². The van der Waals surface area contributed by atoms with Crippen LogP contribution in [0.4, 0.5) is 13.2 Å². The van der Waals surface area contributed by atoms with Crippen LogP contribution in [-0.4, -0.2) is 15.7 Å². The number of aryl methyl sites for hydroxylation is 3. The molecular weight excluding hydrogens is 459 g/mol. The molecular formula is C26H24F3N3OS. The van der Waals surface area contributed by atoms with Gasteiger partial charge in [0.15, 0.2) is 5.01 Å². The van der Waals surface area contributed by atoms with Crippen LogP contribution in [-0.2, 0) is 25.4 Å². The minimum absolute atomic E-state index is 0.203. The molecule has 2 aromatic carbocycles. The first-order valence-electron chi connectivity index (χ1n) is 11.1. The van der Waals surface area contributed by atoms with Crippen LogP contribution in [0.5, 0.6) is 0 Å². The smallest absolute Gasteiger partial charge is 0.352 e. The van der Waals surface area contributed by atoms with Crippen molar-refractivity contribution in [3.05, 3.63) is 70.9 Å². The minimum atomic E-state index is -4.63. The Morgan fingerprint density at radius 2 is 1.82 bits per heavy atom. The Kier molecular flexibility index (Phi) is 5.61. The van der Waals surface area contributed by atoms with E-state index < -0.39 is 11.7 Å². The molecule has 0 saturated carbocycles. The van der Waals surface area contributed by atoms with Crippen molar-refractivity contribution in [2.24, 2.45) is 5.73 Å². The van der Waals surface area contributed by atoms with Gasteiger partial charge in [0, 0.05) is 11.1 Å². The van der Waals surface area contributed by atoms with E-state index in [1.54, 1.807) is 30.3 Å². The number of thiazole rings is 1. The van der Waals surface area contributed by atoms with E-state index in [2.05, 4.69) is 28.3 Å². The van der Waals surface area contributed by atoms with Crippen LogP contribution < -0.4 is 5.73 Å². The van der Waals surface area contributed by atoms with E-state index in [-0.39, 0.29) is 22.0 Å². The van der Waals surface area contributed by atoms with Gasteiger partial charge in [-0.2, -0.15) is 13.2 Å². The predicted molar refractivity (Wildman–Crippen MR) is 127 cm³/mol. The number of hydrogen-bond donors (Lipinski definition) is 1. The maximum atomic E-state index is 14.1. The molecule has 0 spiro atoms. The van der Waals surface area contributed by atoms with Crippen LogP contribution in [0.25, 0.3) is 32.5 Å². The van der Waals surface area contributed by atoms with Gasteiger partial charge in [-0.15, -0.1) is 11.3 Å². The first-order valence-corrected chi connectivity index (χ1v) is 12.0. The molecule has 4 nitrogen and oxygen atoms in total. The highest BCUT2D eigenvalue weighted by Crippen LogP contribution is 2.47. The fraction of sp³-hybridized carbons (Fsp3) is 0.308. The monoisotopic (exact) mass is 483 g/mol. The second-order valence-electron chi connectivity index (χ2n) is 9.37. The second-order valence-corrected chi connectivity index (χ2v) is 10.4. The van der Waals surface area contributed by atoms with E-state index in [0.717, 1.165) is 35.4 Å². The number of hydrogen-bond acceptors (Lipinski definition) is 5. The van der Waals surface area contributed by atoms with Crippen LogP contribution in [0.3, 0.4) is 0 Å². The van der Waals surface area contributed by atoms with Gasteiger partial charge in [0.05, 0.1) is 10.6 Å². The van der Waals surface area contributed by atoms with Crippen LogP contribution in [0, 0.1) is 0 Å². The zero-order valence-electron chi connectivity index (χ0n) is 18.9. The van der Waals surface area contributed by atoms with E-state index in [9.17, 15) is 13.2 Å². The molecule has 0 radical (unpaired) electrons. The topological polar surface area (TPSA) is 64.9 Å². The molecule has 0 unspecified atom stereocenters. The molecule has 34 heavy (non-hydrogen) atoms. The molecule has 2 aromatic heterocycles. The number of alkyl halides is 3. The summed E-state index contributed by atoms with van der Waals surface area (Å²) in [6.07, 6.45) is -1.41. The molecule has 5 rings (SSSR count). The lowest BCUT2D eigenvalue weighted by molar-refractivity contribution is -0.136. The number of fused-ring (bicyclic) bond motifs is 3. The minimum Gasteiger partial charge on any atom is -0.352 e. The van der Waals surface area contributed by atoms with Gasteiger partial charge in [-0.05, 0) is 56.2 Å². The number of aromatic nitrogens is 2. The third-order valence-electron chi connectivity index (χ3n) is 6.02. The molecule has 8 heteroatoms. The summed E-state index contributed by atoms with van der Waals surface area (Å²) >= 11 is 1.23. The summed E-state index contributed by atoms with van der Waals surface area (Å²) in [7, 11) is 0. The maximum absolute atomic E-state index is 14.1. The molecule has 2 heterocycles. The van der Waals surface area contributed by atoms with Crippen LogP contribution in [0.1, 0.15) is 42.7 Å². The summed E-state index contributed by atoms with van der Waals surface area (Å²) < 4.78 is 47.6. The molecule has 0 saturated heterocycles. The Labute approximate surface area is 199 Å². The summed E-state index contributed by atoms with van der Waals surface area (Å²) in [4.78, 5) is 5.46. The Morgan fingerprint density at radius 3 is 2.53 bits per heavy atom. The highest BCUT2D eigenvalue weighted by atomic mass is 32.1. The van der Waals surface area contributed by atoms with Crippen molar-refractivity contribution in [2.45, 2.75) is 51.2 Å². The largest absolute Gasteiger partial charge is 0.422 e. The van der Waals surface area contributed by atoms with Crippen molar-refractivity contribution in [1.29, 1.82) is 0 Å². The summed E-state index contributed by atoms with van der Waals surface area (Å²) in [6.45, 7) is 4.02. The van der Waals surface area contributed by atoms with Gasteiger partial charge in [0.2, 0.25) is 5.76 Å². The summed E-state index contributed by atoms with van der Waals surface area (Å²) in [5.74, 6) is -0.325. The van der Waals surface area contributed by atoms with Crippen LogP contribution in [0.2, 0.25) is 0 Å². The molecule has 176 valence electrons. The van der Waals surface area contributed by atoms with Gasteiger partial charge in [0.1, 0.15) is 11.3 Å². The van der Waals surface area contributed by atoms with Crippen molar-refractivity contribution in [1.82, 2.24) is 10.1 Å². The summed E-state index contributed by atoms with van der Waals surface area (Å²) in [5, 5.41) is 4.00. The lowest BCUT2D eigenvalue weighted by Crippen LogP contribution is -2.32. The second kappa shape index (κ2) is 8.36. The Balaban J connectivity index is 1.53. The van der Waals surface area contributed by atoms with Gasteiger partial charge in [-0.25, -0.2) is 4.98 Å². The molecule has 4 aromatic rings. The van der Waals surface area contributed by atoms with Gasteiger partial charge in [-0.1, -0.05) is 53.7 Å². The van der Waals surface area contributed by atoms with Gasteiger partial charge in [-0.3, -0.25) is 0 Å². The maximum Gasteiger partial charge on any atom is 0.422 e. The predicted octanol–water partition coefficient (Wildman–Crippen LogP) is 6.92. The third kappa shape index (κ3) is 4.40. The standard InChI is InChI=1S/C26H24F3N3OS/c1-25(2,30)13-12-15-8-10-18-17(14-15)9-11-19-23(18)34-24(31-19)22-20(26(27,28)29)21(32-33-22)16-6-4-3-5-7-16/h3-8,10,14H,9,11-13,30H2,1-2H3. The molecule has 2 N–H and O–H groups in total. The van der Waals surface area contributed by atoms with Gasteiger partial charge >= 0.3 is 6.18 Å². The summed E-state index contributed by atoms with van der Waals surface area (Å²) in [5.41, 5.74) is 9.37. The molecule has 0 amide bonds. The quantitative estimate of drug-likeness (QED) is 0.335. The van der Waals surface area contributed by atoms with E-state index in [1.165, 1.54) is 22.5 Å². The highest BCUT2D eigenvalue weighted by Gasteiger charge is 2.42. The van der Waals surface area contributed by atoms with Gasteiger partial charge < -0.3 is 10.3 Å².